The van der Waals surface area contributed by atoms with Gasteiger partial charge in [0.05, 0.1) is 5.92 Å². The van der Waals surface area contributed by atoms with Crippen LogP contribution in [0.5, 0.6) is 0 Å². The Balaban J connectivity index is 0.00000112. The van der Waals surface area contributed by atoms with Gasteiger partial charge >= 0.3 is 0 Å². The summed E-state index contributed by atoms with van der Waals surface area (Å²) in [6.07, 6.45) is 0.959. The number of halogens is 1. The zero-order valence-corrected chi connectivity index (χ0v) is 9.93. The van der Waals surface area contributed by atoms with Gasteiger partial charge in [0, 0.05) is 25.7 Å². The Kier molecular flexibility index (Phi) is 4.37. The average Bonchev–Trinajstić information content (AvgIpc) is 2.73. The molecule has 2 aliphatic rings. The molecule has 0 aromatic carbocycles. The fourth-order valence-electron chi connectivity index (χ4n) is 2.36. The van der Waals surface area contributed by atoms with Gasteiger partial charge < -0.3 is 16.0 Å². The van der Waals surface area contributed by atoms with Gasteiger partial charge in [-0.25, -0.2) is 0 Å². The molecule has 88 valence electrons. The minimum absolute atomic E-state index is 0. The van der Waals surface area contributed by atoms with Gasteiger partial charge in [0.1, 0.15) is 0 Å². The summed E-state index contributed by atoms with van der Waals surface area (Å²) in [5, 5.41) is 3.26. The highest BCUT2D eigenvalue weighted by atomic mass is 35.5. The molecule has 2 saturated heterocycles. The van der Waals surface area contributed by atoms with E-state index in [-0.39, 0.29) is 24.4 Å². The van der Waals surface area contributed by atoms with Gasteiger partial charge in [-0.2, -0.15) is 0 Å². The summed E-state index contributed by atoms with van der Waals surface area (Å²) < 4.78 is 0. The maximum Gasteiger partial charge on any atom is 0.227 e. The van der Waals surface area contributed by atoms with Crippen molar-refractivity contribution in [2.45, 2.75) is 19.4 Å². The third kappa shape index (κ3) is 2.62. The predicted octanol–water partition coefficient (Wildman–Crippen LogP) is -0.177. The van der Waals surface area contributed by atoms with E-state index in [0.717, 1.165) is 32.6 Å². The van der Waals surface area contributed by atoms with E-state index in [9.17, 15) is 4.79 Å². The average molecular weight is 234 g/mol. The molecule has 15 heavy (non-hydrogen) atoms. The largest absolute Gasteiger partial charge is 0.341 e. The Morgan fingerprint density at radius 1 is 1.47 bits per heavy atom. The molecule has 4 nitrogen and oxygen atoms in total. The van der Waals surface area contributed by atoms with Crippen LogP contribution in [0.1, 0.15) is 13.3 Å². The van der Waals surface area contributed by atoms with Gasteiger partial charge in [-0.05, 0) is 18.9 Å². The summed E-state index contributed by atoms with van der Waals surface area (Å²) in [5.74, 6) is 0.954. The number of carbonyl (C=O) groups excluding carboxylic acids is 1. The number of likely N-dealkylation sites (tertiary alicyclic amines) is 1. The molecule has 3 atom stereocenters. The van der Waals surface area contributed by atoms with Gasteiger partial charge in [0.15, 0.2) is 0 Å². The molecule has 0 radical (unpaired) electrons. The second-order valence-electron chi connectivity index (χ2n) is 4.58. The number of carbonyl (C=O) groups is 1. The van der Waals surface area contributed by atoms with Crippen LogP contribution >= 0.6 is 12.4 Å². The quantitative estimate of drug-likeness (QED) is 0.661. The number of hydrogen-bond donors (Lipinski definition) is 2. The summed E-state index contributed by atoms with van der Waals surface area (Å²) in [7, 11) is 0. The van der Waals surface area contributed by atoms with Crippen LogP contribution in [0.3, 0.4) is 0 Å². The molecule has 5 heteroatoms. The Hall–Kier alpha value is -0.320. The minimum Gasteiger partial charge on any atom is -0.341 e. The Labute approximate surface area is 97.0 Å². The van der Waals surface area contributed by atoms with Crippen LogP contribution in [-0.4, -0.2) is 43.0 Å². The summed E-state index contributed by atoms with van der Waals surface area (Å²) in [4.78, 5) is 14.0. The third-order valence-corrected chi connectivity index (χ3v) is 3.37. The van der Waals surface area contributed by atoms with Crippen molar-refractivity contribution < 1.29 is 4.79 Å². The topological polar surface area (TPSA) is 58.4 Å². The Morgan fingerprint density at radius 3 is 2.67 bits per heavy atom. The number of nitrogens with one attached hydrogen (secondary N) is 1. The molecule has 1 amide bonds. The number of nitrogens with zero attached hydrogens (tertiary/aromatic N) is 1. The maximum absolute atomic E-state index is 12.0. The van der Waals surface area contributed by atoms with Gasteiger partial charge in [0.2, 0.25) is 5.91 Å². The summed E-state index contributed by atoms with van der Waals surface area (Å²) in [6.45, 7) is 5.55. The van der Waals surface area contributed by atoms with Gasteiger partial charge in [-0.3, -0.25) is 4.79 Å². The fourth-order valence-corrected chi connectivity index (χ4v) is 2.36. The zero-order valence-electron chi connectivity index (χ0n) is 9.11. The molecule has 0 unspecified atom stereocenters. The monoisotopic (exact) mass is 233 g/mol. The van der Waals surface area contributed by atoms with Crippen molar-refractivity contribution in [2.24, 2.45) is 17.6 Å². The van der Waals surface area contributed by atoms with Crippen LogP contribution in [0.15, 0.2) is 0 Å². The molecule has 0 saturated carbocycles. The van der Waals surface area contributed by atoms with Crippen LogP contribution in [0, 0.1) is 11.8 Å². The molecular formula is C10H20ClN3O. The van der Waals surface area contributed by atoms with Crippen molar-refractivity contribution in [3.63, 3.8) is 0 Å². The lowest BCUT2D eigenvalue weighted by Crippen LogP contribution is -2.38. The molecule has 2 rings (SSSR count). The first-order valence-corrected chi connectivity index (χ1v) is 5.43. The fraction of sp³-hybridized carbons (Fsp3) is 0.900. The van der Waals surface area contributed by atoms with Crippen molar-refractivity contribution in [2.75, 3.05) is 26.2 Å². The smallest absolute Gasteiger partial charge is 0.227 e. The number of hydrogen-bond acceptors (Lipinski definition) is 3. The van der Waals surface area contributed by atoms with Crippen molar-refractivity contribution in [3.05, 3.63) is 0 Å². The van der Waals surface area contributed by atoms with Gasteiger partial charge in [-0.15, -0.1) is 12.4 Å². The van der Waals surface area contributed by atoms with Gasteiger partial charge in [0.25, 0.3) is 0 Å². The predicted molar refractivity (Wildman–Crippen MR) is 61.9 cm³/mol. The van der Waals surface area contributed by atoms with Crippen molar-refractivity contribution >= 4 is 18.3 Å². The number of nitrogens with two attached hydrogens (primary N) is 1. The molecule has 2 heterocycles. The van der Waals surface area contributed by atoms with E-state index >= 15 is 0 Å². The molecule has 0 bridgehead atoms. The zero-order chi connectivity index (χ0) is 10.1. The Morgan fingerprint density at radius 2 is 2.20 bits per heavy atom. The van der Waals surface area contributed by atoms with E-state index in [1.807, 2.05) is 4.90 Å². The molecule has 0 aromatic rings. The normalized spacial score (nSPS) is 35.3. The van der Waals surface area contributed by atoms with Crippen LogP contribution in [0.25, 0.3) is 0 Å². The Bertz CT molecular complexity index is 237. The van der Waals surface area contributed by atoms with E-state index in [1.54, 1.807) is 0 Å². The van der Waals surface area contributed by atoms with Gasteiger partial charge in [-0.1, -0.05) is 6.92 Å². The lowest BCUT2D eigenvalue weighted by Gasteiger charge is -2.22. The summed E-state index contributed by atoms with van der Waals surface area (Å²) >= 11 is 0. The minimum atomic E-state index is 0. The summed E-state index contributed by atoms with van der Waals surface area (Å²) in [5.41, 5.74) is 5.79. The molecule has 2 aliphatic heterocycles. The maximum atomic E-state index is 12.0. The first kappa shape index (κ1) is 12.7. The second kappa shape index (κ2) is 5.14. The second-order valence-corrected chi connectivity index (χ2v) is 4.58. The van der Waals surface area contributed by atoms with E-state index in [1.165, 1.54) is 0 Å². The first-order chi connectivity index (χ1) is 6.68. The number of amides is 1. The van der Waals surface area contributed by atoms with Crippen LogP contribution in [0.2, 0.25) is 0 Å². The van der Waals surface area contributed by atoms with Crippen LogP contribution < -0.4 is 11.1 Å². The number of rotatable bonds is 1. The van der Waals surface area contributed by atoms with Crippen molar-refractivity contribution in [1.29, 1.82) is 0 Å². The van der Waals surface area contributed by atoms with E-state index in [0.29, 0.717) is 11.8 Å². The molecule has 0 aromatic heterocycles. The molecule has 0 spiro atoms. The van der Waals surface area contributed by atoms with Crippen molar-refractivity contribution in [1.82, 2.24) is 10.2 Å². The molecule has 0 aliphatic carbocycles. The molecule has 3 N–H and O–H groups in total. The standard InChI is InChI=1S/C10H19N3O.ClH/c1-7-4-12-5-9(7)10(14)13-3-2-8(11)6-13;/h7-9,12H,2-6,11H2,1H3;1H/t7-,8-,9-;/m1./s1. The third-order valence-electron chi connectivity index (χ3n) is 3.37. The lowest BCUT2D eigenvalue weighted by atomic mass is 9.97. The van der Waals surface area contributed by atoms with Crippen LogP contribution in [0.4, 0.5) is 0 Å². The molecular weight excluding hydrogens is 214 g/mol. The highest BCUT2D eigenvalue weighted by molar-refractivity contribution is 5.85. The first-order valence-electron chi connectivity index (χ1n) is 5.43. The van der Waals surface area contributed by atoms with Crippen molar-refractivity contribution in [3.8, 4) is 0 Å². The van der Waals surface area contributed by atoms with E-state index in [4.69, 9.17) is 5.73 Å². The molecule has 2 fully saturated rings. The lowest BCUT2D eigenvalue weighted by molar-refractivity contribution is -0.134. The highest BCUT2D eigenvalue weighted by Crippen LogP contribution is 2.20. The SMILES string of the molecule is C[C@@H]1CNC[C@H]1C(=O)N1CC[C@@H](N)C1.Cl. The van der Waals surface area contributed by atoms with E-state index in [2.05, 4.69) is 12.2 Å². The van der Waals surface area contributed by atoms with E-state index < -0.39 is 0 Å². The summed E-state index contributed by atoms with van der Waals surface area (Å²) in [6, 6.07) is 0.198. The highest BCUT2D eigenvalue weighted by Gasteiger charge is 2.34. The van der Waals surface area contributed by atoms with Crippen LogP contribution in [-0.2, 0) is 4.79 Å².